The predicted molar refractivity (Wildman–Crippen MR) is 70.6 cm³/mol. The second kappa shape index (κ2) is 5.91. The molecule has 1 aliphatic rings. The molecule has 0 bridgehead atoms. The quantitative estimate of drug-likeness (QED) is 0.928. The maximum absolute atomic E-state index is 13.3. The van der Waals surface area contributed by atoms with Crippen LogP contribution in [0.3, 0.4) is 0 Å². The number of aliphatic carboxylic acids is 1. The summed E-state index contributed by atoms with van der Waals surface area (Å²) < 4.78 is 13.3. The van der Waals surface area contributed by atoms with Gasteiger partial charge in [0, 0.05) is 24.6 Å². The minimum atomic E-state index is -0.838. The predicted octanol–water partition coefficient (Wildman–Crippen LogP) is 2.48. The maximum Gasteiger partial charge on any atom is 0.321 e. The SMILES string of the molecule is O=C(O)C1CSCCN1Cc1cccc(F)c1Cl. The Bertz CT molecular complexity index is 458. The Labute approximate surface area is 114 Å². The van der Waals surface area contributed by atoms with Crippen LogP contribution in [0, 0.1) is 5.82 Å². The van der Waals surface area contributed by atoms with E-state index in [1.165, 1.54) is 6.07 Å². The molecule has 1 aromatic carbocycles. The molecule has 6 heteroatoms. The van der Waals surface area contributed by atoms with Crippen LogP contribution in [0.25, 0.3) is 0 Å². The molecule has 1 aromatic rings. The molecule has 1 N–H and O–H groups in total. The van der Waals surface area contributed by atoms with E-state index in [0.29, 0.717) is 24.4 Å². The molecular weight excluding hydrogens is 277 g/mol. The highest BCUT2D eigenvalue weighted by Gasteiger charge is 2.29. The van der Waals surface area contributed by atoms with E-state index in [2.05, 4.69) is 0 Å². The minimum Gasteiger partial charge on any atom is -0.480 e. The first kappa shape index (κ1) is 13.6. The van der Waals surface area contributed by atoms with Crippen LogP contribution in [-0.4, -0.2) is 40.1 Å². The van der Waals surface area contributed by atoms with Crippen molar-refractivity contribution in [1.29, 1.82) is 0 Å². The van der Waals surface area contributed by atoms with E-state index in [0.717, 1.165) is 5.75 Å². The number of carbonyl (C=O) groups is 1. The van der Waals surface area contributed by atoms with Gasteiger partial charge in [-0.2, -0.15) is 11.8 Å². The van der Waals surface area contributed by atoms with E-state index in [9.17, 15) is 9.18 Å². The smallest absolute Gasteiger partial charge is 0.321 e. The molecule has 1 saturated heterocycles. The first-order valence-corrected chi connectivity index (χ1v) is 7.10. The fourth-order valence-corrected chi connectivity index (χ4v) is 3.24. The van der Waals surface area contributed by atoms with Crippen molar-refractivity contribution in [2.24, 2.45) is 0 Å². The minimum absolute atomic E-state index is 0.0832. The van der Waals surface area contributed by atoms with E-state index in [1.807, 2.05) is 4.90 Å². The van der Waals surface area contributed by atoms with Gasteiger partial charge >= 0.3 is 5.97 Å². The monoisotopic (exact) mass is 289 g/mol. The standard InChI is InChI=1S/C12H13ClFNO2S/c13-11-8(2-1-3-9(11)14)6-15-4-5-18-7-10(15)12(16)17/h1-3,10H,4-7H2,(H,16,17). The van der Waals surface area contributed by atoms with Crippen molar-refractivity contribution in [2.45, 2.75) is 12.6 Å². The van der Waals surface area contributed by atoms with Gasteiger partial charge in [-0.25, -0.2) is 4.39 Å². The van der Waals surface area contributed by atoms with Gasteiger partial charge in [-0.15, -0.1) is 0 Å². The lowest BCUT2D eigenvalue weighted by Crippen LogP contribution is -2.46. The first-order chi connectivity index (χ1) is 8.59. The Kier molecular flexibility index (Phi) is 4.48. The lowest BCUT2D eigenvalue weighted by Gasteiger charge is -2.32. The molecule has 0 radical (unpaired) electrons. The second-order valence-electron chi connectivity index (χ2n) is 4.11. The summed E-state index contributed by atoms with van der Waals surface area (Å²) in [6, 6.07) is 4.09. The van der Waals surface area contributed by atoms with Gasteiger partial charge in [0.1, 0.15) is 11.9 Å². The van der Waals surface area contributed by atoms with Crippen LogP contribution < -0.4 is 0 Å². The molecule has 0 aliphatic carbocycles. The van der Waals surface area contributed by atoms with Gasteiger partial charge in [-0.1, -0.05) is 23.7 Å². The molecule has 98 valence electrons. The van der Waals surface area contributed by atoms with Crippen LogP contribution in [0.2, 0.25) is 5.02 Å². The third kappa shape index (κ3) is 2.96. The summed E-state index contributed by atoms with van der Waals surface area (Å²) in [5, 5.41) is 9.23. The normalized spacial score (nSPS) is 20.9. The van der Waals surface area contributed by atoms with E-state index in [-0.39, 0.29) is 5.02 Å². The highest BCUT2D eigenvalue weighted by Crippen LogP contribution is 2.24. The molecule has 0 amide bonds. The molecule has 0 aromatic heterocycles. The van der Waals surface area contributed by atoms with Gasteiger partial charge in [0.2, 0.25) is 0 Å². The third-order valence-corrected chi connectivity index (χ3v) is 4.38. The number of hydrogen-bond acceptors (Lipinski definition) is 3. The van der Waals surface area contributed by atoms with Crippen molar-refractivity contribution in [1.82, 2.24) is 4.90 Å². The zero-order valence-corrected chi connectivity index (χ0v) is 11.2. The van der Waals surface area contributed by atoms with Crippen LogP contribution in [0.5, 0.6) is 0 Å². The largest absolute Gasteiger partial charge is 0.480 e. The Hall–Kier alpha value is -0.780. The highest BCUT2D eigenvalue weighted by atomic mass is 35.5. The van der Waals surface area contributed by atoms with Crippen molar-refractivity contribution in [3.8, 4) is 0 Å². The molecule has 1 unspecified atom stereocenters. The van der Waals surface area contributed by atoms with Crippen LogP contribution in [0.1, 0.15) is 5.56 Å². The summed E-state index contributed by atoms with van der Waals surface area (Å²) in [5.74, 6) is 0.140. The summed E-state index contributed by atoms with van der Waals surface area (Å²) in [7, 11) is 0. The Balaban J connectivity index is 2.16. The zero-order valence-electron chi connectivity index (χ0n) is 9.60. The second-order valence-corrected chi connectivity index (χ2v) is 5.64. The summed E-state index contributed by atoms with van der Waals surface area (Å²) >= 11 is 7.51. The van der Waals surface area contributed by atoms with Gasteiger partial charge in [0.25, 0.3) is 0 Å². The number of halogens is 2. The fourth-order valence-electron chi connectivity index (χ4n) is 1.94. The first-order valence-electron chi connectivity index (χ1n) is 5.57. The molecule has 18 heavy (non-hydrogen) atoms. The summed E-state index contributed by atoms with van der Waals surface area (Å²) in [5.41, 5.74) is 0.634. The molecular formula is C12H13ClFNO2S. The van der Waals surface area contributed by atoms with Crippen molar-refractivity contribution in [2.75, 3.05) is 18.1 Å². The Morgan fingerprint density at radius 3 is 3.11 bits per heavy atom. The Morgan fingerprint density at radius 2 is 2.39 bits per heavy atom. The molecule has 0 spiro atoms. The highest BCUT2D eigenvalue weighted by molar-refractivity contribution is 7.99. The zero-order chi connectivity index (χ0) is 13.1. The van der Waals surface area contributed by atoms with Crippen molar-refractivity contribution < 1.29 is 14.3 Å². The van der Waals surface area contributed by atoms with Crippen molar-refractivity contribution >= 4 is 29.3 Å². The number of benzene rings is 1. The van der Waals surface area contributed by atoms with Gasteiger partial charge in [-0.05, 0) is 11.6 Å². The summed E-state index contributed by atoms with van der Waals surface area (Å²) in [6.45, 7) is 1.04. The third-order valence-electron chi connectivity index (χ3n) is 2.93. The number of hydrogen-bond donors (Lipinski definition) is 1. The van der Waals surface area contributed by atoms with Gasteiger partial charge in [0.05, 0.1) is 5.02 Å². The molecule has 3 nitrogen and oxygen atoms in total. The van der Waals surface area contributed by atoms with E-state index < -0.39 is 17.8 Å². The lowest BCUT2D eigenvalue weighted by atomic mass is 10.1. The van der Waals surface area contributed by atoms with Gasteiger partial charge < -0.3 is 5.11 Å². The van der Waals surface area contributed by atoms with Crippen LogP contribution in [0.15, 0.2) is 18.2 Å². The molecule has 1 heterocycles. The Morgan fingerprint density at radius 1 is 1.61 bits per heavy atom. The van der Waals surface area contributed by atoms with Crippen molar-refractivity contribution in [3.63, 3.8) is 0 Å². The van der Waals surface area contributed by atoms with E-state index >= 15 is 0 Å². The summed E-state index contributed by atoms with van der Waals surface area (Å²) in [4.78, 5) is 13.0. The number of carboxylic acids is 1. The number of rotatable bonds is 3. The van der Waals surface area contributed by atoms with Gasteiger partial charge in [0.15, 0.2) is 0 Å². The molecule has 1 aliphatic heterocycles. The lowest BCUT2D eigenvalue weighted by molar-refractivity contribution is -0.142. The number of nitrogens with zero attached hydrogens (tertiary/aromatic N) is 1. The molecule has 2 rings (SSSR count). The average Bonchev–Trinajstić information content (AvgIpc) is 2.35. The van der Waals surface area contributed by atoms with Crippen LogP contribution in [-0.2, 0) is 11.3 Å². The molecule has 0 saturated carbocycles. The average molecular weight is 290 g/mol. The number of thioether (sulfide) groups is 1. The molecule has 1 fully saturated rings. The van der Waals surface area contributed by atoms with Crippen LogP contribution >= 0.6 is 23.4 Å². The van der Waals surface area contributed by atoms with E-state index in [1.54, 1.807) is 23.9 Å². The van der Waals surface area contributed by atoms with Crippen molar-refractivity contribution in [3.05, 3.63) is 34.6 Å². The van der Waals surface area contributed by atoms with Crippen LogP contribution in [0.4, 0.5) is 4.39 Å². The topological polar surface area (TPSA) is 40.5 Å². The fraction of sp³-hybridized carbons (Fsp3) is 0.417. The van der Waals surface area contributed by atoms with E-state index in [4.69, 9.17) is 16.7 Å². The number of carboxylic acid groups (broad SMARTS) is 1. The summed E-state index contributed by atoms with van der Waals surface area (Å²) in [6.07, 6.45) is 0. The maximum atomic E-state index is 13.3. The molecule has 1 atom stereocenters. The van der Waals surface area contributed by atoms with Gasteiger partial charge in [-0.3, -0.25) is 9.69 Å².